The number of rotatable bonds is 5. The number of anilines is 2. The number of para-hydroxylation sites is 1. The second-order valence-corrected chi connectivity index (χ2v) is 6.42. The molecule has 5 nitrogen and oxygen atoms in total. The van der Waals surface area contributed by atoms with E-state index < -0.39 is 0 Å². The summed E-state index contributed by atoms with van der Waals surface area (Å²) < 4.78 is 0.815. The largest absolute Gasteiger partial charge is 0.366 e. The first kappa shape index (κ1) is 17.1. The maximum Gasteiger partial charge on any atom is 0.274 e. The van der Waals surface area contributed by atoms with E-state index in [1.807, 2.05) is 36.4 Å². The Morgan fingerprint density at radius 1 is 1.08 bits per heavy atom. The number of carbonyl (C=O) groups excluding carboxylic acids is 1. The zero-order valence-electron chi connectivity index (χ0n) is 13.7. The van der Waals surface area contributed by atoms with Crippen molar-refractivity contribution in [1.82, 2.24) is 9.97 Å². The molecular formula is C19H17BrN4O. The standard InChI is InChI=1S/C19H17BrN4O/c1-13-5-4-6-14(9-13)11-21-18-10-17(22-12-23-18)19(25)24-16-8-3-2-7-15(16)20/h2-10,12H,11H2,1H3,(H,24,25)(H,21,22,23). The van der Waals surface area contributed by atoms with Crippen LogP contribution in [0.5, 0.6) is 0 Å². The molecule has 0 aliphatic heterocycles. The highest BCUT2D eigenvalue weighted by molar-refractivity contribution is 9.10. The molecule has 126 valence electrons. The average Bonchev–Trinajstić information content (AvgIpc) is 2.62. The molecule has 25 heavy (non-hydrogen) atoms. The van der Waals surface area contributed by atoms with Crippen molar-refractivity contribution in [2.75, 3.05) is 10.6 Å². The Labute approximate surface area is 154 Å². The number of hydrogen-bond donors (Lipinski definition) is 2. The van der Waals surface area contributed by atoms with Crippen molar-refractivity contribution < 1.29 is 4.79 Å². The maximum absolute atomic E-state index is 12.4. The molecule has 0 atom stereocenters. The minimum absolute atomic E-state index is 0.284. The highest BCUT2D eigenvalue weighted by Gasteiger charge is 2.10. The number of benzene rings is 2. The van der Waals surface area contributed by atoms with E-state index in [9.17, 15) is 4.79 Å². The fourth-order valence-electron chi connectivity index (χ4n) is 2.34. The van der Waals surface area contributed by atoms with Crippen molar-refractivity contribution in [1.29, 1.82) is 0 Å². The third kappa shape index (κ3) is 4.64. The number of halogens is 1. The van der Waals surface area contributed by atoms with Crippen molar-refractivity contribution >= 4 is 33.3 Å². The Hall–Kier alpha value is -2.73. The second-order valence-electron chi connectivity index (χ2n) is 5.57. The fraction of sp³-hybridized carbons (Fsp3) is 0.105. The third-order valence-electron chi connectivity index (χ3n) is 3.58. The van der Waals surface area contributed by atoms with Gasteiger partial charge >= 0.3 is 0 Å². The Kier molecular flexibility index (Phi) is 5.40. The van der Waals surface area contributed by atoms with E-state index >= 15 is 0 Å². The van der Waals surface area contributed by atoms with E-state index in [1.165, 1.54) is 11.9 Å². The molecule has 1 amide bonds. The van der Waals surface area contributed by atoms with Gasteiger partial charge in [-0.15, -0.1) is 0 Å². The van der Waals surface area contributed by atoms with Gasteiger partial charge in [0.2, 0.25) is 0 Å². The van der Waals surface area contributed by atoms with Gasteiger partial charge in [-0.3, -0.25) is 4.79 Å². The summed E-state index contributed by atoms with van der Waals surface area (Å²) in [4.78, 5) is 20.6. The molecular weight excluding hydrogens is 380 g/mol. The van der Waals surface area contributed by atoms with Gasteiger partial charge in [0.05, 0.1) is 5.69 Å². The number of nitrogens with zero attached hydrogens (tertiary/aromatic N) is 2. The van der Waals surface area contributed by atoms with E-state index in [1.54, 1.807) is 6.07 Å². The maximum atomic E-state index is 12.4. The number of aryl methyl sites for hydroxylation is 1. The van der Waals surface area contributed by atoms with Crippen LogP contribution in [0.4, 0.5) is 11.5 Å². The fourth-order valence-corrected chi connectivity index (χ4v) is 2.73. The number of aromatic nitrogens is 2. The lowest BCUT2D eigenvalue weighted by Crippen LogP contribution is -2.15. The Balaban J connectivity index is 1.68. The van der Waals surface area contributed by atoms with Crippen LogP contribution in [0.25, 0.3) is 0 Å². The van der Waals surface area contributed by atoms with E-state index in [0.29, 0.717) is 23.7 Å². The van der Waals surface area contributed by atoms with E-state index in [0.717, 1.165) is 10.0 Å². The zero-order chi connectivity index (χ0) is 17.6. The number of nitrogens with one attached hydrogen (secondary N) is 2. The smallest absolute Gasteiger partial charge is 0.274 e. The summed E-state index contributed by atoms with van der Waals surface area (Å²) in [5.74, 6) is 0.321. The highest BCUT2D eigenvalue weighted by atomic mass is 79.9. The van der Waals surface area contributed by atoms with Crippen molar-refractivity contribution in [3.63, 3.8) is 0 Å². The van der Waals surface area contributed by atoms with Crippen LogP contribution < -0.4 is 10.6 Å². The predicted molar refractivity (Wildman–Crippen MR) is 103 cm³/mol. The van der Waals surface area contributed by atoms with Gasteiger partial charge in [-0.05, 0) is 40.5 Å². The van der Waals surface area contributed by atoms with Gasteiger partial charge in [0.25, 0.3) is 5.91 Å². The van der Waals surface area contributed by atoms with Crippen molar-refractivity contribution in [3.05, 3.63) is 82.2 Å². The van der Waals surface area contributed by atoms with Gasteiger partial charge < -0.3 is 10.6 Å². The van der Waals surface area contributed by atoms with Crippen LogP contribution in [0, 0.1) is 6.92 Å². The molecule has 6 heteroatoms. The lowest BCUT2D eigenvalue weighted by Gasteiger charge is -2.09. The molecule has 0 radical (unpaired) electrons. The second kappa shape index (κ2) is 7.90. The number of amides is 1. The highest BCUT2D eigenvalue weighted by Crippen LogP contribution is 2.21. The number of carbonyl (C=O) groups is 1. The van der Waals surface area contributed by atoms with Gasteiger partial charge in [0.1, 0.15) is 17.8 Å². The van der Waals surface area contributed by atoms with Crippen LogP contribution in [0.3, 0.4) is 0 Å². The molecule has 0 aliphatic carbocycles. The molecule has 2 N–H and O–H groups in total. The molecule has 0 fully saturated rings. The summed E-state index contributed by atoms with van der Waals surface area (Å²) in [6, 6.07) is 17.3. The van der Waals surface area contributed by atoms with E-state index in [-0.39, 0.29) is 5.91 Å². The molecule has 3 rings (SSSR count). The summed E-state index contributed by atoms with van der Waals surface area (Å²) in [5.41, 5.74) is 3.35. The van der Waals surface area contributed by atoms with Crippen molar-refractivity contribution in [2.45, 2.75) is 13.5 Å². The SMILES string of the molecule is Cc1cccc(CNc2cc(C(=O)Nc3ccccc3Br)ncn2)c1. The van der Waals surface area contributed by atoms with Crippen molar-refractivity contribution in [3.8, 4) is 0 Å². The molecule has 3 aromatic rings. The van der Waals surface area contributed by atoms with E-state index in [2.05, 4.69) is 55.6 Å². The first-order valence-corrected chi connectivity index (χ1v) is 8.58. The summed E-state index contributed by atoms with van der Waals surface area (Å²) in [7, 11) is 0. The summed E-state index contributed by atoms with van der Waals surface area (Å²) >= 11 is 3.41. The molecule has 0 saturated carbocycles. The normalized spacial score (nSPS) is 10.3. The van der Waals surface area contributed by atoms with Crippen LogP contribution in [0.1, 0.15) is 21.6 Å². The van der Waals surface area contributed by atoms with Crippen LogP contribution in [0.15, 0.2) is 65.4 Å². The van der Waals surface area contributed by atoms with E-state index in [4.69, 9.17) is 0 Å². The minimum Gasteiger partial charge on any atom is -0.366 e. The Morgan fingerprint density at radius 2 is 1.92 bits per heavy atom. The first-order valence-electron chi connectivity index (χ1n) is 7.79. The van der Waals surface area contributed by atoms with Gasteiger partial charge in [0, 0.05) is 17.1 Å². The molecule has 2 aromatic carbocycles. The Bertz CT molecular complexity index is 898. The predicted octanol–water partition coefficient (Wildman–Crippen LogP) is 4.41. The molecule has 0 bridgehead atoms. The molecule has 0 unspecified atom stereocenters. The summed E-state index contributed by atoms with van der Waals surface area (Å²) in [5, 5.41) is 6.05. The average molecular weight is 397 g/mol. The van der Waals surface area contributed by atoms with Crippen LogP contribution in [-0.4, -0.2) is 15.9 Å². The van der Waals surface area contributed by atoms with Crippen LogP contribution in [0.2, 0.25) is 0 Å². The minimum atomic E-state index is -0.284. The Morgan fingerprint density at radius 3 is 2.72 bits per heavy atom. The molecule has 1 heterocycles. The first-order chi connectivity index (χ1) is 12.1. The van der Waals surface area contributed by atoms with Crippen LogP contribution in [-0.2, 0) is 6.54 Å². The third-order valence-corrected chi connectivity index (χ3v) is 4.27. The topological polar surface area (TPSA) is 66.9 Å². The zero-order valence-corrected chi connectivity index (χ0v) is 15.2. The summed E-state index contributed by atoms with van der Waals surface area (Å²) in [6.07, 6.45) is 1.38. The van der Waals surface area contributed by atoms with Crippen molar-refractivity contribution in [2.24, 2.45) is 0 Å². The monoisotopic (exact) mass is 396 g/mol. The lowest BCUT2D eigenvalue weighted by atomic mass is 10.1. The summed E-state index contributed by atoms with van der Waals surface area (Å²) in [6.45, 7) is 2.68. The quantitative estimate of drug-likeness (QED) is 0.669. The molecule has 1 aromatic heterocycles. The molecule has 0 saturated heterocycles. The molecule has 0 spiro atoms. The molecule has 0 aliphatic rings. The van der Waals surface area contributed by atoms with Gasteiger partial charge in [0.15, 0.2) is 0 Å². The van der Waals surface area contributed by atoms with Gasteiger partial charge in [-0.2, -0.15) is 0 Å². The van der Waals surface area contributed by atoms with Gasteiger partial charge in [-0.25, -0.2) is 9.97 Å². The van der Waals surface area contributed by atoms with Gasteiger partial charge in [-0.1, -0.05) is 42.0 Å². The van der Waals surface area contributed by atoms with Crippen LogP contribution >= 0.6 is 15.9 Å². The lowest BCUT2D eigenvalue weighted by molar-refractivity contribution is 0.102. The number of hydrogen-bond acceptors (Lipinski definition) is 4.